The molecule has 0 bridgehead atoms. The summed E-state index contributed by atoms with van der Waals surface area (Å²) in [6, 6.07) is 14.8. The molecule has 1 N–H and O–H groups in total. The molecule has 0 radical (unpaired) electrons. The molecule has 1 saturated heterocycles. The molecule has 39 heavy (non-hydrogen) atoms. The fourth-order valence-electron chi connectivity index (χ4n) is 5.57. The molecule has 3 aromatic rings. The first-order valence-electron chi connectivity index (χ1n) is 13.4. The van der Waals surface area contributed by atoms with Crippen LogP contribution in [0.1, 0.15) is 62.3 Å². The number of methoxy groups -OCH3 is 1. The summed E-state index contributed by atoms with van der Waals surface area (Å²) in [6.07, 6.45) is 2.22. The number of likely N-dealkylation sites (tertiary alicyclic amines) is 1. The summed E-state index contributed by atoms with van der Waals surface area (Å²) < 4.78 is 18.9. The summed E-state index contributed by atoms with van der Waals surface area (Å²) in [5.41, 5.74) is 0.753. The van der Waals surface area contributed by atoms with Crippen molar-refractivity contribution < 1.29 is 28.9 Å². The molecule has 3 heterocycles. The van der Waals surface area contributed by atoms with Gasteiger partial charge in [-0.25, -0.2) is 14.6 Å². The fourth-order valence-corrected chi connectivity index (χ4v) is 5.57. The Hall–Kier alpha value is -4.01. The maximum absolute atomic E-state index is 12.5. The van der Waals surface area contributed by atoms with Crippen LogP contribution < -0.4 is 9.47 Å². The largest absolute Gasteiger partial charge is 0.493 e. The van der Waals surface area contributed by atoms with Crippen molar-refractivity contribution in [3.8, 4) is 28.5 Å². The highest BCUT2D eigenvalue weighted by atomic mass is 16.6. The van der Waals surface area contributed by atoms with E-state index in [1.54, 1.807) is 24.1 Å². The van der Waals surface area contributed by atoms with Crippen LogP contribution in [0.3, 0.4) is 0 Å². The van der Waals surface area contributed by atoms with Gasteiger partial charge in [0, 0.05) is 31.1 Å². The second-order valence-corrected chi connectivity index (χ2v) is 11.1. The molecule has 9 nitrogen and oxygen atoms in total. The lowest BCUT2D eigenvalue weighted by Crippen LogP contribution is -2.42. The number of piperidine rings is 1. The van der Waals surface area contributed by atoms with Crippen molar-refractivity contribution in [2.75, 3.05) is 20.2 Å². The minimum atomic E-state index is -1.01. The lowest BCUT2D eigenvalue weighted by molar-refractivity contribution is 0.0173. The monoisotopic (exact) mass is 533 g/mol. The van der Waals surface area contributed by atoms with Crippen molar-refractivity contribution in [3.63, 3.8) is 0 Å². The summed E-state index contributed by atoms with van der Waals surface area (Å²) in [6.45, 7) is 7.45. The lowest BCUT2D eigenvalue weighted by atomic mass is 9.83. The molecule has 2 aromatic carbocycles. The highest BCUT2D eigenvalue weighted by Gasteiger charge is 2.39. The number of para-hydroxylation sites is 1. The minimum Gasteiger partial charge on any atom is -0.493 e. The number of carbonyl (C=O) groups is 2. The standard InChI is InChI=1S/C30H35N3O6/c1-30(2,3)39-29(36)32-15-12-19(13-16-32)22-14-17-33-26(28(34)35)25(31-27(22)33)20-10-11-23(24(18-20)37-4)38-21-8-6-5-7-9-21/h5-11,18-19,22H,12-17H2,1-4H3,(H,34,35). The van der Waals surface area contributed by atoms with Crippen molar-refractivity contribution in [1.29, 1.82) is 0 Å². The molecule has 2 aliphatic heterocycles. The Bertz CT molecular complexity index is 1350. The summed E-state index contributed by atoms with van der Waals surface area (Å²) in [4.78, 5) is 31.6. The predicted octanol–water partition coefficient (Wildman–Crippen LogP) is 6.18. The molecule has 1 atom stereocenters. The topological polar surface area (TPSA) is 103 Å². The number of carbonyl (C=O) groups excluding carboxylic acids is 1. The van der Waals surface area contributed by atoms with E-state index in [0.29, 0.717) is 54.1 Å². The van der Waals surface area contributed by atoms with Gasteiger partial charge in [-0.05, 0) is 76.3 Å². The maximum atomic E-state index is 12.5. The van der Waals surface area contributed by atoms with E-state index in [1.165, 1.54) is 0 Å². The zero-order valence-corrected chi connectivity index (χ0v) is 22.8. The van der Waals surface area contributed by atoms with Crippen molar-refractivity contribution in [2.24, 2.45) is 5.92 Å². The second-order valence-electron chi connectivity index (χ2n) is 11.1. The number of nitrogens with zero attached hydrogens (tertiary/aromatic N) is 3. The molecular formula is C30H35N3O6. The quantitative estimate of drug-likeness (QED) is 0.403. The van der Waals surface area contributed by atoms with Gasteiger partial charge in [-0.1, -0.05) is 18.2 Å². The first-order valence-corrected chi connectivity index (χ1v) is 13.4. The first kappa shape index (κ1) is 26.6. The fraction of sp³-hybridized carbons (Fsp3) is 0.433. The van der Waals surface area contributed by atoms with E-state index >= 15 is 0 Å². The van der Waals surface area contributed by atoms with Crippen LogP contribution in [0, 0.1) is 5.92 Å². The number of fused-ring (bicyclic) bond motifs is 1. The smallest absolute Gasteiger partial charge is 0.410 e. The highest BCUT2D eigenvalue weighted by Crippen LogP contribution is 2.43. The normalized spacial score (nSPS) is 17.5. The minimum absolute atomic E-state index is 0.139. The molecule has 1 fully saturated rings. The van der Waals surface area contributed by atoms with E-state index in [9.17, 15) is 14.7 Å². The number of rotatable bonds is 6. The van der Waals surface area contributed by atoms with Crippen LogP contribution in [-0.2, 0) is 11.3 Å². The van der Waals surface area contributed by atoms with Gasteiger partial charge in [0.05, 0.1) is 7.11 Å². The van der Waals surface area contributed by atoms with Gasteiger partial charge in [0.1, 0.15) is 22.9 Å². The van der Waals surface area contributed by atoms with Gasteiger partial charge >= 0.3 is 12.1 Å². The Morgan fingerprint density at radius 3 is 2.33 bits per heavy atom. The van der Waals surface area contributed by atoms with Crippen LogP contribution in [0.2, 0.25) is 0 Å². The Labute approximate surface area is 228 Å². The molecule has 9 heteroatoms. The Kier molecular flexibility index (Phi) is 7.25. The van der Waals surface area contributed by atoms with Crippen LogP contribution in [0.4, 0.5) is 4.79 Å². The molecule has 206 valence electrons. The number of imidazole rings is 1. The molecule has 0 saturated carbocycles. The van der Waals surface area contributed by atoms with Crippen LogP contribution in [0.15, 0.2) is 48.5 Å². The number of carboxylic acids is 1. The van der Waals surface area contributed by atoms with Gasteiger partial charge in [-0.2, -0.15) is 0 Å². The Balaban J connectivity index is 1.38. The van der Waals surface area contributed by atoms with Crippen LogP contribution in [0.25, 0.3) is 11.3 Å². The van der Waals surface area contributed by atoms with Crippen molar-refractivity contribution in [1.82, 2.24) is 14.5 Å². The zero-order chi connectivity index (χ0) is 27.7. The average Bonchev–Trinajstić information content (AvgIpc) is 3.48. The molecule has 5 rings (SSSR count). The molecule has 0 aliphatic carbocycles. The maximum Gasteiger partial charge on any atom is 0.410 e. The molecule has 1 unspecified atom stereocenters. The number of amides is 1. The van der Waals surface area contributed by atoms with E-state index in [2.05, 4.69) is 0 Å². The van der Waals surface area contributed by atoms with Gasteiger partial charge < -0.3 is 28.8 Å². The van der Waals surface area contributed by atoms with E-state index in [1.807, 2.05) is 61.7 Å². The highest BCUT2D eigenvalue weighted by molar-refractivity contribution is 5.93. The van der Waals surface area contributed by atoms with Crippen molar-refractivity contribution >= 4 is 12.1 Å². The van der Waals surface area contributed by atoms with Gasteiger partial charge in [0.15, 0.2) is 17.2 Å². The Morgan fingerprint density at radius 1 is 0.974 bits per heavy atom. The van der Waals surface area contributed by atoms with Crippen molar-refractivity contribution in [2.45, 2.75) is 58.1 Å². The zero-order valence-electron chi connectivity index (χ0n) is 22.8. The van der Waals surface area contributed by atoms with E-state index < -0.39 is 11.6 Å². The van der Waals surface area contributed by atoms with E-state index in [-0.39, 0.29) is 17.7 Å². The average molecular weight is 534 g/mol. The number of carboxylic acid groups (broad SMARTS) is 1. The predicted molar refractivity (Wildman–Crippen MR) is 146 cm³/mol. The number of hydrogen-bond acceptors (Lipinski definition) is 6. The van der Waals surface area contributed by atoms with Gasteiger partial charge in [0.25, 0.3) is 0 Å². The van der Waals surface area contributed by atoms with Crippen molar-refractivity contribution in [3.05, 3.63) is 60.0 Å². The summed E-state index contributed by atoms with van der Waals surface area (Å²) in [7, 11) is 1.56. The second kappa shape index (κ2) is 10.6. The third kappa shape index (κ3) is 5.57. The number of benzene rings is 2. The number of ether oxygens (including phenoxy) is 3. The number of aromatic nitrogens is 2. The molecule has 2 aliphatic rings. The molecule has 0 spiro atoms. The van der Waals surface area contributed by atoms with Crippen LogP contribution in [-0.4, -0.2) is 57.4 Å². The van der Waals surface area contributed by atoms with E-state index in [4.69, 9.17) is 19.2 Å². The molecule has 1 aromatic heterocycles. The summed E-state index contributed by atoms with van der Waals surface area (Å²) in [5, 5.41) is 10.2. The van der Waals surface area contributed by atoms with Gasteiger partial charge in [-0.15, -0.1) is 0 Å². The summed E-state index contributed by atoms with van der Waals surface area (Å²) in [5.74, 6) is 1.96. The Morgan fingerprint density at radius 2 is 1.69 bits per heavy atom. The lowest BCUT2D eigenvalue weighted by Gasteiger charge is -2.35. The summed E-state index contributed by atoms with van der Waals surface area (Å²) >= 11 is 0. The van der Waals surface area contributed by atoms with Gasteiger partial charge in [0.2, 0.25) is 0 Å². The number of hydrogen-bond donors (Lipinski definition) is 1. The first-order chi connectivity index (χ1) is 18.6. The van der Waals surface area contributed by atoms with Crippen LogP contribution in [0.5, 0.6) is 17.2 Å². The third-order valence-electron chi connectivity index (χ3n) is 7.36. The van der Waals surface area contributed by atoms with E-state index in [0.717, 1.165) is 25.1 Å². The number of aromatic carboxylic acids is 1. The molecular weight excluding hydrogens is 498 g/mol. The molecule has 1 amide bonds. The SMILES string of the molecule is COc1cc(-c2nc3n(c2C(=O)O)CCC3C2CCN(C(=O)OC(C)(C)C)CC2)ccc1Oc1ccccc1. The van der Waals surface area contributed by atoms with Gasteiger partial charge in [-0.3, -0.25) is 0 Å². The third-order valence-corrected chi connectivity index (χ3v) is 7.36. The van der Waals surface area contributed by atoms with Crippen LogP contribution >= 0.6 is 0 Å².